The molecule has 0 heterocycles. The van der Waals surface area contributed by atoms with Crippen LogP contribution in [0.3, 0.4) is 0 Å². The Bertz CT molecular complexity index is 1980. The summed E-state index contributed by atoms with van der Waals surface area (Å²) in [6, 6.07) is 0. The maximum absolute atomic E-state index is 13.1. The van der Waals surface area contributed by atoms with Crippen molar-refractivity contribution in [1.82, 2.24) is 0 Å². The number of aliphatic hydroxyl groups excluding tert-OH is 1. The standard InChI is InChI=1S/C85H166O17P2/c1-6-9-12-15-18-21-24-26-28-29-30-31-32-36-41-46-51-56-61-66-71-85(90)102-81(75-96-83(88)69-64-59-54-49-44-39-37-33-35-38-43-47-52-57-62-67-78(4)5)77-100-104(93,94)98-73-79(86)72-97-103(91,92)99-76-80(74-95-82(87)68-63-58-53-48-42-23-20-17-14-11-8-3)101-84(89)70-65-60-55-50-45-40-34-27-25-22-19-16-13-10-7-2/h78-81,86H,6-77H2,1-5H3,(H,91,92)(H,93,94)/t79-,80+,81+/m0/s1. The van der Waals surface area contributed by atoms with Crippen molar-refractivity contribution in [3.8, 4) is 0 Å². The molecule has 618 valence electrons. The van der Waals surface area contributed by atoms with Gasteiger partial charge >= 0.3 is 39.5 Å². The SMILES string of the molecule is CCCCCCCCCCCCCCCCCCCCCCC(=O)O[C@H](COC(=O)CCCCCCCCCCCCCCCCCC(C)C)COP(=O)(O)OC[C@@H](O)COP(=O)(O)OC[C@@H](COC(=O)CCCCCCCCCCCCC)OC(=O)CCCCCCCCCCCCCCCCC. The lowest BCUT2D eigenvalue weighted by Gasteiger charge is -2.21. The van der Waals surface area contributed by atoms with Crippen LogP contribution in [-0.2, 0) is 65.4 Å². The Labute approximate surface area is 638 Å². The third kappa shape index (κ3) is 78.2. The summed E-state index contributed by atoms with van der Waals surface area (Å²) in [5, 5.41) is 10.7. The molecule has 0 rings (SSSR count). The second kappa shape index (κ2) is 77.8. The van der Waals surface area contributed by atoms with Crippen molar-refractivity contribution in [3.63, 3.8) is 0 Å². The van der Waals surface area contributed by atoms with Crippen LogP contribution in [0.5, 0.6) is 0 Å². The number of hydrogen-bond donors (Lipinski definition) is 3. The van der Waals surface area contributed by atoms with Gasteiger partial charge in [0.15, 0.2) is 12.2 Å². The van der Waals surface area contributed by atoms with Gasteiger partial charge in [-0.25, -0.2) is 9.13 Å². The van der Waals surface area contributed by atoms with E-state index in [-0.39, 0.29) is 25.7 Å². The highest BCUT2D eigenvalue weighted by molar-refractivity contribution is 7.47. The molecule has 17 nitrogen and oxygen atoms in total. The molecule has 0 aromatic carbocycles. The summed E-state index contributed by atoms with van der Waals surface area (Å²) >= 11 is 0. The Morgan fingerprint density at radius 2 is 0.442 bits per heavy atom. The highest BCUT2D eigenvalue weighted by Gasteiger charge is 2.30. The molecular formula is C85H166O17P2. The highest BCUT2D eigenvalue weighted by atomic mass is 31.2. The Morgan fingerprint density at radius 1 is 0.260 bits per heavy atom. The van der Waals surface area contributed by atoms with E-state index in [9.17, 15) is 43.2 Å². The van der Waals surface area contributed by atoms with Gasteiger partial charge in [0, 0.05) is 25.7 Å². The summed E-state index contributed by atoms with van der Waals surface area (Å²) in [5.41, 5.74) is 0. The summed E-state index contributed by atoms with van der Waals surface area (Å²) in [5.74, 6) is -1.29. The molecule has 0 radical (unpaired) electrons. The van der Waals surface area contributed by atoms with Gasteiger partial charge in [-0.05, 0) is 31.6 Å². The van der Waals surface area contributed by atoms with E-state index in [1.807, 2.05) is 0 Å². The number of carbonyl (C=O) groups is 4. The first-order valence-electron chi connectivity index (χ1n) is 44.1. The number of unbranched alkanes of at least 4 members (excludes halogenated alkanes) is 57. The van der Waals surface area contributed by atoms with Gasteiger partial charge in [0.25, 0.3) is 0 Å². The molecule has 3 N–H and O–H groups in total. The normalized spacial score (nSPS) is 13.8. The van der Waals surface area contributed by atoms with Crippen LogP contribution in [0.1, 0.15) is 458 Å². The Kier molecular flexibility index (Phi) is 76.3. The van der Waals surface area contributed by atoms with Gasteiger partial charge in [-0.1, -0.05) is 407 Å². The first-order chi connectivity index (χ1) is 50.5. The summed E-state index contributed by atoms with van der Waals surface area (Å²) in [7, 11) is -9.92. The van der Waals surface area contributed by atoms with Crippen molar-refractivity contribution >= 4 is 39.5 Å². The third-order valence-corrected chi connectivity index (χ3v) is 21.9. The fourth-order valence-electron chi connectivity index (χ4n) is 13.3. The van der Waals surface area contributed by atoms with Gasteiger partial charge in [-0.3, -0.25) is 37.3 Å². The minimum absolute atomic E-state index is 0.109. The smallest absolute Gasteiger partial charge is 0.462 e. The fraction of sp³-hybridized carbons (Fsp3) is 0.953. The van der Waals surface area contributed by atoms with Crippen LogP contribution in [-0.4, -0.2) is 96.7 Å². The quantitative estimate of drug-likeness (QED) is 0.0222. The Hall–Kier alpha value is -1.94. The zero-order valence-corrected chi connectivity index (χ0v) is 70.0. The van der Waals surface area contributed by atoms with Gasteiger partial charge in [-0.2, -0.15) is 0 Å². The zero-order valence-electron chi connectivity index (χ0n) is 68.2. The molecule has 0 saturated carbocycles. The Balaban J connectivity index is 5.24. The maximum Gasteiger partial charge on any atom is 0.472 e. The molecule has 0 saturated heterocycles. The molecule has 0 spiro atoms. The molecule has 0 aromatic rings. The molecule has 0 fully saturated rings. The molecule has 0 aliphatic carbocycles. The summed E-state index contributed by atoms with van der Waals surface area (Å²) < 4.78 is 68.9. The average molecular weight is 1520 g/mol. The molecule has 19 heteroatoms. The van der Waals surface area contributed by atoms with Gasteiger partial charge in [0.1, 0.15) is 19.3 Å². The van der Waals surface area contributed by atoms with Crippen LogP contribution in [0, 0.1) is 5.92 Å². The van der Waals surface area contributed by atoms with Crippen LogP contribution in [0.15, 0.2) is 0 Å². The molecule has 0 aliphatic heterocycles. The van der Waals surface area contributed by atoms with Gasteiger partial charge < -0.3 is 33.8 Å². The number of esters is 4. The largest absolute Gasteiger partial charge is 0.472 e. The van der Waals surface area contributed by atoms with Crippen LogP contribution in [0.25, 0.3) is 0 Å². The number of aliphatic hydroxyl groups is 1. The lowest BCUT2D eigenvalue weighted by molar-refractivity contribution is -0.161. The fourth-order valence-corrected chi connectivity index (χ4v) is 14.9. The van der Waals surface area contributed by atoms with Crippen molar-refractivity contribution in [2.45, 2.75) is 477 Å². The lowest BCUT2D eigenvalue weighted by atomic mass is 10.0. The first-order valence-corrected chi connectivity index (χ1v) is 47.1. The summed E-state index contributed by atoms with van der Waals surface area (Å²) in [4.78, 5) is 73.2. The van der Waals surface area contributed by atoms with Gasteiger partial charge in [0.2, 0.25) is 0 Å². The van der Waals surface area contributed by atoms with Crippen molar-refractivity contribution < 1.29 is 80.2 Å². The first kappa shape index (κ1) is 102. The minimum atomic E-state index is -4.96. The van der Waals surface area contributed by atoms with Crippen LogP contribution < -0.4 is 0 Å². The topological polar surface area (TPSA) is 237 Å². The Morgan fingerprint density at radius 3 is 0.654 bits per heavy atom. The van der Waals surface area contributed by atoms with Crippen molar-refractivity contribution in [3.05, 3.63) is 0 Å². The second-order valence-electron chi connectivity index (χ2n) is 31.1. The van der Waals surface area contributed by atoms with Crippen LogP contribution in [0.2, 0.25) is 0 Å². The lowest BCUT2D eigenvalue weighted by Crippen LogP contribution is -2.30. The van der Waals surface area contributed by atoms with E-state index in [0.717, 1.165) is 95.8 Å². The number of phosphoric acid groups is 2. The molecule has 0 bridgehead atoms. The average Bonchev–Trinajstić information content (AvgIpc) is 0.903. The molecule has 2 unspecified atom stereocenters. The zero-order chi connectivity index (χ0) is 76.2. The predicted octanol–water partition coefficient (Wildman–Crippen LogP) is 26.0. The van der Waals surface area contributed by atoms with E-state index in [0.29, 0.717) is 25.7 Å². The second-order valence-corrected chi connectivity index (χ2v) is 34.0. The molecular weight excluding hydrogens is 1350 g/mol. The molecule has 0 aromatic heterocycles. The molecule has 0 aliphatic rings. The number of carbonyl (C=O) groups excluding carboxylic acids is 4. The van der Waals surface area contributed by atoms with Crippen LogP contribution >= 0.6 is 15.6 Å². The number of hydrogen-bond acceptors (Lipinski definition) is 15. The van der Waals surface area contributed by atoms with Gasteiger partial charge in [-0.15, -0.1) is 0 Å². The molecule has 104 heavy (non-hydrogen) atoms. The highest BCUT2D eigenvalue weighted by Crippen LogP contribution is 2.45. The van der Waals surface area contributed by atoms with E-state index in [2.05, 4.69) is 34.6 Å². The molecule has 5 atom stereocenters. The van der Waals surface area contributed by atoms with Crippen molar-refractivity contribution in [2.24, 2.45) is 5.92 Å². The van der Waals surface area contributed by atoms with E-state index in [1.165, 1.54) is 283 Å². The maximum atomic E-state index is 13.1. The summed E-state index contributed by atoms with van der Waals surface area (Å²) in [6.45, 7) is 7.39. The number of rotatable bonds is 85. The molecule has 0 amide bonds. The van der Waals surface area contributed by atoms with E-state index in [4.69, 9.17) is 37.0 Å². The van der Waals surface area contributed by atoms with Gasteiger partial charge in [0.05, 0.1) is 26.4 Å². The van der Waals surface area contributed by atoms with E-state index >= 15 is 0 Å². The number of phosphoric ester groups is 2. The van der Waals surface area contributed by atoms with Crippen LogP contribution in [0.4, 0.5) is 0 Å². The summed E-state index contributed by atoms with van der Waals surface area (Å²) in [6.07, 6.45) is 70.7. The van der Waals surface area contributed by atoms with E-state index < -0.39 is 97.5 Å². The number of ether oxygens (including phenoxy) is 4. The van der Waals surface area contributed by atoms with E-state index in [1.54, 1.807) is 0 Å². The monoisotopic (exact) mass is 1520 g/mol. The van der Waals surface area contributed by atoms with Crippen molar-refractivity contribution in [1.29, 1.82) is 0 Å². The predicted molar refractivity (Wildman–Crippen MR) is 428 cm³/mol. The minimum Gasteiger partial charge on any atom is -0.462 e. The third-order valence-electron chi connectivity index (χ3n) is 20.0. The van der Waals surface area contributed by atoms with Crippen molar-refractivity contribution in [2.75, 3.05) is 39.6 Å².